The van der Waals surface area contributed by atoms with Gasteiger partial charge in [-0.15, -0.1) is 0 Å². The summed E-state index contributed by atoms with van der Waals surface area (Å²) < 4.78 is 0. The van der Waals surface area contributed by atoms with Crippen LogP contribution in [0.25, 0.3) is 0 Å². The Kier molecular flexibility index (Phi) is 3.72. The van der Waals surface area contributed by atoms with E-state index in [1.54, 1.807) is 12.1 Å². The maximum absolute atomic E-state index is 10.8. The molecule has 0 amide bonds. The second-order valence-corrected chi connectivity index (χ2v) is 4.98. The summed E-state index contributed by atoms with van der Waals surface area (Å²) in [5, 5.41) is 27.9. The number of carbonyl (C=O) groups is 1. The molecule has 1 aromatic carbocycles. The summed E-state index contributed by atoms with van der Waals surface area (Å²) in [5.74, 6) is -0.982. The first-order chi connectivity index (χ1) is 9.02. The maximum Gasteiger partial charge on any atom is 0.306 e. The zero-order valence-electron chi connectivity index (χ0n) is 10.5. The van der Waals surface area contributed by atoms with E-state index in [1.807, 2.05) is 17.0 Å². The maximum atomic E-state index is 10.8. The number of anilines is 1. The Balaban J connectivity index is 2.12. The fourth-order valence-corrected chi connectivity index (χ4v) is 2.51. The van der Waals surface area contributed by atoms with Crippen LogP contribution in [0.15, 0.2) is 24.3 Å². The number of carboxylic acids is 1. The number of aliphatic hydroxyl groups is 1. The van der Waals surface area contributed by atoms with Crippen LogP contribution < -0.4 is 4.90 Å². The van der Waals surface area contributed by atoms with Gasteiger partial charge in [-0.1, -0.05) is 0 Å². The third-order valence-corrected chi connectivity index (χ3v) is 3.40. The molecule has 1 atom stereocenters. The number of rotatable bonds is 3. The van der Waals surface area contributed by atoms with Crippen molar-refractivity contribution in [3.8, 4) is 6.07 Å². The molecule has 1 saturated heterocycles. The van der Waals surface area contributed by atoms with Gasteiger partial charge in [0, 0.05) is 18.8 Å². The van der Waals surface area contributed by atoms with Gasteiger partial charge in [-0.2, -0.15) is 5.26 Å². The van der Waals surface area contributed by atoms with Crippen LogP contribution in [-0.2, 0) is 4.79 Å². The Morgan fingerprint density at radius 3 is 2.68 bits per heavy atom. The number of nitriles is 1. The van der Waals surface area contributed by atoms with Crippen LogP contribution >= 0.6 is 0 Å². The molecular formula is C14H16N2O3. The predicted molar refractivity (Wildman–Crippen MR) is 69.8 cm³/mol. The Morgan fingerprint density at radius 1 is 1.42 bits per heavy atom. The van der Waals surface area contributed by atoms with Gasteiger partial charge in [0.05, 0.1) is 23.7 Å². The average Bonchev–Trinajstić information content (AvgIpc) is 2.37. The summed E-state index contributed by atoms with van der Waals surface area (Å²) in [7, 11) is 0. The van der Waals surface area contributed by atoms with Crippen molar-refractivity contribution in [3.63, 3.8) is 0 Å². The topological polar surface area (TPSA) is 84.6 Å². The zero-order valence-corrected chi connectivity index (χ0v) is 10.5. The lowest BCUT2D eigenvalue weighted by molar-refractivity contribution is -0.142. The van der Waals surface area contributed by atoms with E-state index in [2.05, 4.69) is 6.07 Å². The van der Waals surface area contributed by atoms with Gasteiger partial charge < -0.3 is 15.1 Å². The van der Waals surface area contributed by atoms with Gasteiger partial charge in [0.15, 0.2) is 0 Å². The van der Waals surface area contributed by atoms with E-state index < -0.39 is 11.6 Å². The number of hydrogen-bond donors (Lipinski definition) is 2. The molecule has 0 saturated carbocycles. The minimum absolute atomic E-state index is 0.236. The predicted octanol–water partition coefficient (Wildman–Crippen LogP) is 1.36. The van der Waals surface area contributed by atoms with Crippen molar-refractivity contribution in [1.82, 2.24) is 0 Å². The molecule has 1 heterocycles. The number of hydrogen-bond acceptors (Lipinski definition) is 4. The van der Waals surface area contributed by atoms with Crippen LogP contribution in [0.3, 0.4) is 0 Å². The van der Waals surface area contributed by atoms with Crippen LogP contribution in [-0.4, -0.2) is 34.9 Å². The van der Waals surface area contributed by atoms with Crippen molar-refractivity contribution in [3.05, 3.63) is 29.8 Å². The van der Waals surface area contributed by atoms with Crippen molar-refractivity contribution in [2.75, 3.05) is 18.0 Å². The van der Waals surface area contributed by atoms with E-state index in [1.165, 1.54) is 0 Å². The smallest absolute Gasteiger partial charge is 0.306 e. The summed E-state index contributed by atoms with van der Waals surface area (Å²) in [6, 6.07) is 9.15. The lowest BCUT2D eigenvalue weighted by atomic mass is 9.89. The molecule has 100 valence electrons. The fraction of sp³-hybridized carbons (Fsp3) is 0.429. The third kappa shape index (κ3) is 3.24. The average molecular weight is 260 g/mol. The second kappa shape index (κ2) is 5.29. The van der Waals surface area contributed by atoms with Crippen LogP contribution in [0.2, 0.25) is 0 Å². The van der Waals surface area contributed by atoms with Gasteiger partial charge in [-0.25, -0.2) is 0 Å². The van der Waals surface area contributed by atoms with E-state index in [0.717, 1.165) is 18.7 Å². The summed E-state index contributed by atoms with van der Waals surface area (Å²) in [5.41, 5.74) is 0.321. The highest BCUT2D eigenvalue weighted by Gasteiger charge is 2.35. The van der Waals surface area contributed by atoms with E-state index in [4.69, 9.17) is 10.4 Å². The van der Waals surface area contributed by atoms with E-state index in [0.29, 0.717) is 18.5 Å². The molecule has 2 rings (SSSR count). The highest BCUT2D eigenvalue weighted by molar-refractivity contribution is 5.68. The van der Waals surface area contributed by atoms with Crippen molar-refractivity contribution < 1.29 is 15.0 Å². The highest BCUT2D eigenvalue weighted by atomic mass is 16.4. The third-order valence-electron chi connectivity index (χ3n) is 3.40. The van der Waals surface area contributed by atoms with Crippen LogP contribution in [0.5, 0.6) is 0 Å². The molecule has 0 radical (unpaired) electrons. The fourth-order valence-electron chi connectivity index (χ4n) is 2.51. The zero-order chi connectivity index (χ0) is 13.9. The van der Waals surface area contributed by atoms with Crippen molar-refractivity contribution in [2.24, 2.45) is 0 Å². The highest BCUT2D eigenvalue weighted by Crippen LogP contribution is 2.28. The second-order valence-electron chi connectivity index (χ2n) is 4.98. The normalized spacial score (nSPS) is 22.8. The molecule has 0 spiro atoms. The Morgan fingerprint density at radius 2 is 2.11 bits per heavy atom. The number of benzene rings is 1. The molecule has 5 heteroatoms. The first-order valence-electron chi connectivity index (χ1n) is 6.22. The Bertz CT molecular complexity index is 506. The van der Waals surface area contributed by atoms with E-state index in [-0.39, 0.29) is 6.42 Å². The minimum Gasteiger partial charge on any atom is -0.481 e. The quantitative estimate of drug-likeness (QED) is 0.857. The molecule has 1 aliphatic rings. The van der Waals surface area contributed by atoms with Gasteiger partial charge in [0.25, 0.3) is 0 Å². The molecular weight excluding hydrogens is 244 g/mol. The van der Waals surface area contributed by atoms with Crippen LogP contribution in [0.4, 0.5) is 5.69 Å². The van der Waals surface area contributed by atoms with Crippen LogP contribution in [0, 0.1) is 11.3 Å². The van der Waals surface area contributed by atoms with Gasteiger partial charge in [0.2, 0.25) is 0 Å². The van der Waals surface area contributed by atoms with Crippen molar-refractivity contribution in [1.29, 1.82) is 5.26 Å². The first-order valence-corrected chi connectivity index (χ1v) is 6.22. The summed E-state index contributed by atoms with van der Waals surface area (Å²) >= 11 is 0. The molecule has 1 fully saturated rings. The molecule has 1 aliphatic heterocycles. The molecule has 1 aromatic rings. The Hall–Kier alpha value is -2.06. The molecule has 0 aliphatic carbocycles. The van der Waals surface area contributed by atoms with E-state index >= 15 is 0 Å². The number of aliphatic carboxylic acids is 1. The standard InChI is InChI=1S/C14H16N2O3/c15-9-11-2-4-12(5-3-11)16-7-1-6-14(19,10-16)8-13(17)18/h2-5,19H,1,6-8,10H2,(H,17,18). The first kappa shape index (κ1) is 13.4. The minimum atomic E-state index is -1.17. The van der Waals surface area contributed by atoms with Crippen molar-refractivity contribution >= 4 is 11.7 Å². The molecule has 5 nitrogen and oxygen atoms in total. The Labute approximate surface area is 111 Å². The largest absolute Gasteiger partial charge is 0.481 e. The molecule has 0 bridgehead atoms. The SMILES string of the molecule is N#Cc1ccc(N2CCCC(O)(CC(=O)O)C2)cc1. The molecule has 2 N–H and O–H groups in total. The number of carboxylic acid groups (broad SMARTS) is 1. The van der Waals surface area contributed by atoms with E-state index in [9.17, 15) is 9.90 Å². The summed E-state index contributed by atoms with van der Waals surface area (Å²) in [4.78, 5) is 12.8. The lowest BCUT2D eigenvalue weighted by Gasteiger charge is -2.39. The van der Waals surface area contributed by atoms with Gasteiger partial charge >= 0.3 is 5.97 Å². The van der Waals surface area contributed by atoms with Crippen molar-refractivity contribution in [2.45, 2.75) is 24.9 Å². The molecule has 19 heavy (non-hydrogen) atoms. The summed E-state index contributed by atoms with van der Waals surface area (Å²) in [6.45, 7) is 1.10. The van der Waals surface area contributed by atoms with Gasteiger partial charge in [-0.05, 0) is 37.1 Å². The molecule has 1 unspecified atom stereocenters. The van der Waals surface area contributed by atoms with Gasteiger partial charge in [-0.3, -0.25) is 4.79 Å². The van der Waals surface area contributed by atoms with Crippen LogP contribution in [0.1, 0.15) is 24.8 Å². The number of piperidine rings is 1. The number of β-amino-alcohol motifs (C(OH)–C–C–N with tert-alkyl or cyclic N) is 1. The summed E-state index contributed by atoms with van der Waals surface area (Å²) in [6.07, 6.45) is 1.02. The van der Waals surface area contributed by atoms with Gasteiger partial charge in [0.1, 0.15) is 0 Å². The lowest BCUT2D eigenvalue weighted by Crippen LogP contribution is -2.49. The molecule has 0 aromatic heterocycles. The monoisotopic (exact) mass is 260 g/mol. The number of nitrogens with zero attached hydrogens (tertiary/aromatic N) is 2.